The summed E-state index contributed by atoms with van der Waals surface area (Å²) in [4.78, 5) is 39.2. The third-order valence-corrected chi connectivity index (χ3v) is 5.49. The molecule has 138 valence electrons. The number of rotatable bonds is 3. The maximum absolute atomic E-state index is 12.7. The smallest absolute Gasteiger partial charge is 0.343 e. The molecule has 0 radical (unpaired) electrons. The lowest BCUT2D eigenvalue weighted by molar-refractivity contribution is -0.122. The number of esters is 1. The van der Waals surface area contributed by atoms with Crippen molar-refractivity contribution < 1.29 is 19.1 Å². The van der Waals surface area contributed by atoms with Crippen molar-refractivity contribution >= 4 is 23.5 Å². The van der Waals surface area contributed by atoms with Gasteiger partial charge in [0.2, 0.25) is 11.8 Å². The summed E-state index contributed by atoms with van der Waals surface area (Å²) in [5.74, 6) is -0.817. The van der Waals surface area contributed by atoms with E-state index in [9.17, 15) is 14.4 Å². The highest BCUT2D eigenvalue weighted by molar-refractivity contribution is 6.22. The number of nitrogens with zero attached hydrogens (tertiary/aromatic N) is 1. The van der Waals surface area contributed by atoms with Crippen molar-refractivity contribution in [3.63, 3.8) is 0 Å². The summed E-state index contributed by atoms with van der Waals surface area (Å²) in [6.07, 6.45) is 3.52. The topological polar surface area (TPSA) is 63.7 Å². The molecule has 1 saturated heterocycles. The largest absolute Gasteiger partial charge is 0.423 e. The third-order valence-electron chi connectivity index (χ3n) is 5.49. The van der Waals surface area contributed by atoms with E-state index in [1.807, 2.05) is 19.1 Å². The average molecular weight is 363 g/mol. The molecule has 1 heterocycles. The highest BCUT2D eigenvalue weighted by Gasteiger charge is 2.48. The van der Waals surface area contributed by atoms with Crippen LogP contribution in [0.4, 0.5) is 5.69 Å². The second-order valence-electron chi connectivity index (χ2n) is 7.21. The predicted octanol–water partition coefficient (Wildman–Crippen LogP) is 3.89. The van der Waals surface area contributed by atoms with Crippen LogP contribution in [0, 0.1) is 18.8 Å². The maximum Gasteiger partial charge on any atom is 0.343 e. The van der Waals surface area contributed by atoms with Crippen LogP contribution in [0.3, 0.4) is 0 Å². The fraction of sp³-hybridized carbons (Fsp3) is 0.318. The standard InChI is InChI=1S/C22H21NO4/c1-14-7-2-3-10-17(14)22(26)27-16-9-6-8-15(13-16)23-20(24)18-11-4-5-12-19(18)21(23)25/h2-3,6-10,13,18-19H,4-5,11-12H2,1H3/t18-,19-/m1/s1. The van der Waals surface area contributed by atoms with Gasteiger partial charge in [-0.15, -0.1) is 0 Å². The van der Waals surface area contributed by atoms with Gasteiger partial charge in [-0.05, 0) is 43.5 Å². The number of imide groups is 1. The van der Waals surface area contributed by atoms with Gasteiger partial charge in [0.1, 0.15) is 5.75 Å². The molecule has 1 saturated carbocycles. The summed E-state index contributed by atoms with van der Waals surface area (Å²) in [5, 5.41) is 0. The van der Waals surface area contributed by atoms with Gasteiger partial charge in [0, 0.05) is 6.07 Å². The quantitative estimate of drug-likeness (QED) is 0.471. The highest BCUT2D eigenvalue weighted by Crippen LogP contribution is 2.40. The van der Waals surface area contributed by atoms with Crippen molar-refractivity contribution in [1.82, 2.24) is 0 Å². The maximum atomic E-state index is 12.7. The van der Waals surface area contributed by atoms with Crippen LogP contribution in [0.25, 0.3) is 0 Å². The summed E-state index contributed by atoms with van der Waals surface area (Å²) in [6, 6.07) is 13.8. The number of fused-ring (bicyclic) bond motifs is 1. The molecule has 2 aromatic carbocycles. The third kappa shape index (κ3) is 3.14. The molecule has 0 aromatic heterocycles. The van der Waals surface area contributed by atoms with E-state index in [0.29, 0.717) is 17.0 Å². The van der Waals surface area contributed by atoms with Crippen LogP contribution in [0.5, 0.6) is 5.75 Å². The van der Waals surface area contributed by atoms with Crippen LogP contribution in [0.15, 0.2) is 48.5 Å². The van der Waals surface area contributed by atoms with Crippen LogP contribution in [0.2, 0.25) is 0 Å². The highest BCUT2D eigenvalue weighted by atomic mass is 16.5. The van der Waals surface area contributed by atoms with Gasteiger partial charge in [0.15, 0.2) is 0 Å². The Hall–Kier alpha value is -2.95. The Kier molecular flexibility index (Phi) is 4.52. The number of amides is 2. The molecule has 0 unspecified atom stereocenters. The fourth-order valence-corrected chi connectivity index (χ4v) is 4.07. The first kappa shape index (κ1) is 17.5. The lowest BCUT2D eigenvalue weighted by atomic mass is 9.81. The van der Waals surface area contributed by atoms with Crippen molar-refractivity contribution in [3.05, 3.63) is 59.7 Å². The Morgan fingerprint density at radius 2 is 1.63 bits per heavy atom. The lowest BCUT2D eigenvalue weighted by Crippen LogP contribution is -2.30. The first-order valence-electron chi connectivity index (χ1n) is 9.32. The van der Waals surface area contributed by atoms with Gasteiger partial charge in [-0.25, -0.2) is 9.69 Å². The fourth-order valence-electron chi connectivity index (χ4n) is 4.07. The molecule has 2 aromatic rings. The van der Waals surface area contributed by atoms with Crippen molar-refractivity contribution in [2.45, 2.75) is 32.6 Å². The number of ether oxygens (including phenoxy) is 1. The minimum absolute atomic E-state index is 0.132. The van der Waals surface area contributed by atoms with Gasteiger partial charge in [-0.3, -0.25) is 9.59 Å². The molecule has 0 spiro atoms. The molecule has 5 heteroatoms. The van der Waals surface area contributed by atoms with E-state index >= 15 is 0 Å². The van der Waals surface area contributed by atoms with Gasteiger partial charge >= 0.3 is 5.97 Å². The summed E-state index contributed by atoms with van der Waals surface area (Å²) < 4.78 is 5.48. The number of carbonyl (C=O) groups is 3. The molecule has 27 heavy (non-hydrogen) atoms. The second-order valence-corrected chi connectivity index (χ2v) is 7.21. The van der Waals surface area contributed by atoms with E-state index in [2.05, 4.69) is 0 Å². The molecule has 1 aliphatic heterocycles. The van der Waals surface area contributed by atoms with Crippen LogP contribution in [-0.2, 0) is 9.59 Å². The monoisotopic (exact) mass is 363 g/mol. The number of carbonyl (C=O) groups excluding carboxylic acids is 3. The van der Waals surface area contributed by atoms with E-state index in [-0.39, 0.29) is 23.7 Å². The van der Waals surface area contributed by atoms with E-state index in [1.165, 1.54) is 4.90 Å². The summed E-state index contributed by atoms with van der Waals surface area (Å²) in [6.45, 7) is 1.84. The lowest BCUT2D eigenvalue weighted by Gasteiger charge is -2.19. The first-order chi connectivity index (χ1) is 13.1. The molecule has 2 amide bonds. The van der Waals surface area contributed by atoms with Crippen LogP contribution in [0.1, 0.15) is 41.6 Å². The predicted molar refractivity (Wildman–Crippen MR) is 101 cm³/mol. The molecule has 0 N–H and O–H groups in total. The number of hydrogen-bond acceptors (Lipinski definition) is 4. The molecule has 4 rings (SSSR count). The van der Waals surface area contributed by atoms with E-state index < -0.39 is 5.97 Å². The minimum Gasteiger partial charge on any atom is -0.423 e. The van der Waals surface area contributed by atoms with Crippen molar-refractivity contribution in [2.24, 2.45) is 11.8 Å². The van der Waals surface area contributed by atoms with Crippen LogP contribution in [-0.4, -0.2) is 17.8 Å². The Bertz CT molecular complexity index is 896. The zero-order chi connectivity index (χ0) is 19.0. The van der Waals surface area contributed by atoms with Crippen LogP contribution >= 0.6 is 0 Å². The van der Waals surface area contributed by atoms with E-state index in [0.717, 1.165) is 31.2 Å². The summed E-state index contributed by atoms with van der Waals surface area (Å²) in [5.41, 5.74) is 1.78. The van der Waals surface area contributed by atoms with Crippen LogP contribution < -0.4 is 9.64 Å². The zero-order valence-corrected chi connectivity index (χ0v) is 15.2. The first-order valence-corrected chi connectivity index (χ1v) is 9.32. The molecule has 2 aliphatic rings. The molecule has 2 fully saturated rings. The van der Waals surface area contributed by atoms with Crippen molar-refractivity contribution in [1.29, 1.82) is 0 Å². The normalized spacial score (nSPS) is 21.9. The molecular formula is C22H21NO4. The molecule has 0 bridgehead atoms. The van der Waals surface area contributed by atoms with E-state index in [1.54, 1.807) is 36.4 Å². The Balaban J connectivity index is 1.58. The second kappa shape index (κ2) is 6.99. The average Bonchev–Trinajstić information content (AvgIpc) is 2.93. The summed E-state index contributed by atoms with van der Waals surface area (Å²) >= 11 is 0. The number of aryl methyl sites for hydroxylation is 1. The van der Waals surface area contributed by atoms with Gasteiger partial charge < -0.3 is 4.74 Å². The van der Waals surface area contributed by atoms with Crippen molar-refractivity contribution in [3.8, 4) is 5.75 Å². The SMILES string of the molecule is Cc1ccccc1C(=O)Oc1cccc(N2C(=O)[C@@H]3CCCC[C@H]3C2=O)c1. The number of benzene rings is 2. The molecule has 5 nitrogen and oxygen atoms in total. The van der Waals surface area contributed by atoms with Gasteiger partial charge in [-0.1, -0.05) is 37.1 Å². The Morgan fingerprint density at radius 3 is 2.30 bits per heavy atom. The molecule has 2 atom stereocenters. The number of hydrogen-bond donors (Lipinski definition) is 0. The van der Waals surface area contributed by atoms with E-state index in [4.69, 9.17) is 4.74 Å². The summed E-state index contributed by atoms with van der Waals surface area (Å²) in [7, 11) is 0. The zero-order valence-electron chi connectivity index (χ0n) is 15.2. The van der Waals surface area contributed by atoms with Gasteiger partial charge in [0.05, 0.1) is 23.1 Å². The van der Waals surface area contributed by atoms with Crippen molar-refractivity contribution in [2.75, 3.05) is 4.90 Å². The minimum atomic E-state index is -0.460. The molecule has 1 aliphatic carbocycles. The number of anilines is 1. The molecular weight excluding hydrogens is 342 g/mol. The van der Waals surface area contributed by atoms with Gasteiger partial charge in [0.25, 0.3) is 0 Å². The Morgan fingerprint density at radius 1 is 0.963 bits per heavy atom. The Labute approximate surface area is 157 Å². The van der Waals surface area contributed by atoms with Gasteiger partial charge in [-0.2, -0.15) is 0 Å².